The molecule has 0 N–H and O–H groups in total. The van der Waals surface area contributed by atoms with E-state index in [0.29, 0.717) is 0 Å². The van der Waals surface area contributed by atoms with Gasteiger partial charge in [-0.25, -0.2) is 0 Å². The third-order valence-corrected chi connectivity index (χ3v) is 6.16. The van der Waals surface area contributed by atoms with E-state index in [1.165, 1.54) is 25.7 Å². The van der Waals surface area contributed by atoms with E-state index in [1.54, 1.807) is 0 Å². The Labute approximate surface area is 150 Å². The van der Waals surface area contributed by atoms with Crippen molar-refractivity contribution in [3.05, 3.63) is 48.0 Å². The van der Waals surface area contributed by atoms with Crippen molar-refractivity contribution in [2.75, 3.05) is 26.2 Å². The molecule has 1 amide bonds. The molecule has 2 aromatic rings. The van der Waals surface area contributed by atoms with Crippen LogP contribution in [0.25, 0.3) is 10.8 Å². The van der Waals surface area contributed by atoms with Gasteiger partial charge in [-0.1, -0.05) is 56.2 Å². The van der Waals surface area contributed by atoms with Crippen LogP contribution in [0.5, 0.6) is 0 Å². The molecule has 132 valence electrons. The van der Waals surface area contributed by atoms with Crippen LogP contribution in [0, 0.1) is 5.92 Å². The van der Waals surface area contributed by atoms with E-state index in [1.807, 2.05) is 29.2 Å². The molecule has 2 aliphatic rings. The Morgan fingerprint density at radius 3 is 2.44 bits per heavy atom. The molecule has 1 saturated carbocycles. The predicted octanol–water partition coefficient (Wildman–Crippen LogP) is 4.18. The molecular weight excluding hydrogens is 308 g/mol. The van der Waals surface area contributed by atoms with E-state index < -0.39 is 0 Å². The molecule has 2 fully saturated rings. The molecule has 0 spiro atoms. The summed E-state index contributed by atoms with van der Waals surface area (Å²) >= 11 is 0. The zero-order valence-electron chi connectivity index (χ0n) is 15.2. The first-order valence-corrected chi connectivity index (χ1v) is 9.75. The van der Waals surface area contributed by atoms with Crippen LogP contribution < -0.4 is 0 Å². The van der Waals surface area contributed by atoms with Crippen molar-refractivity contribution in [1.82, 2.24) is 9.80 Å². The smallest absolute Gasteiger partial charge is 0.254 e. The maximum absolute atomic E-state index is 13.1. The van der Waals surface area contributed by atoms with Crippen molar-refractivity contribution in [3.63, 3.8) is 0 Å². The average molecular weight is 336 g/mol. The minimum atomic E-state index is 0.188. The molecule has 0 aromatic heterocycles. The number of nitrogens with zero attached hydrogens (tertiary/aromatic N) is 2. The Bertz CT molecular complexity index is 743. The van der Waals surface area contributed by atoms with Gasteiger partial charge in [0.1, 0.15) is 0 Å². The van der Waals surface area contributed by atoms with E-state index in [0.717, 1.165) is 54.5 Å². The van der Waals surface area contributed by atoms with E-state index >= 15 is 0 Å². The van der Waals surface area contributed by atoms with E-state index in [4.69, 9.17) is 0 Å². The number of piperazine rings is 1. The van der Waals surface area contributed by atoms with Gasteiger partial charge in [0.2, 0.25) is 0 Å². The number of fused-ring (bicyclic) bond motifs is 1. The summed E-state index contributed by atoms with van der Waals surface area (Å²) in [4.78, 5) is 17.8. The molecule has 1 saturated heterocycles. The fourth-order valence-corrected chi connectivity index (χ4v) is 4.68. The van der Waals surface area contributed by atoms with Crippen molar-refractivity contribution in [3.8, 4) is 0 Å². The standard InChI is InChI=1S/C22H28N2O/c1-17-7-2-5-12-21(17)23-13-15-24(16-14-23)22(25)20-11-6-9-18-8-3-4-10-19(18)20/h3-4,6,8-11,17,21H,2,5,7,12-16H2,1H3/t17-,21+/m0/s1. The lowest BCUT2D eigenvalue weighted by atomic mass is 9.84. The van der Waals surface area contributed by atoms with Gasteiger partial charge in [-0.15, -0.1) is 0 Å². The normalized spacial score (nSPS) is 25.2. The Morgan fingerprint density at radius 2 is 1.64 bits per heavy atom. The van der Waals surface area contributed by atoms with Crippen LogP contribution in [-0.4, -0.2) is 47.9 Å². The Hall–Kier alpha value is -1.87. The van der Waals surface area contributed by atoms with Gasteiger partial charge in [0.15, 0.2) is 0 Å². The lowest BCUT2D eigenvalue weighted by Gasteiger charge is -2.43. The second kappa shape index (κ2) is 7.17. The molecule has 0 bridgehead atoms. The highest BCUT2D eigenvalue weighted by Crippen LogP contribution is 2.29. The minimum absolute atomic E-state index is 0.188. The van der Waals surface area contributed by atoms with Gasteiger partial charge < -0.3 is 4.90 Å². The molecule has 0 radical (unpaired) electrons. The third-order valence-electron chi connectivity index (χ3n) is 6.16. The van der Waals surface area contributed by atoms with Gasteiger partial charge in [0, 0.05) is 37.8 Å². The van der Waals surface area contributed by atoms with Crippen LogP contribution in [-0.2, 0) is 0 Å². The number of carbonyl (C=O) groups excluding carboxylic acids is 1. The first-order chi connectivity index (χ1) is 12.2. The molecule has 1 aliphatic heterocycles. The highest BCUT2D eigenvalue weighted by molar-refractivity contribution is 6.07. The average Bonchev–Trinajstić information content (AvgIpc) is 2.67. The zero-order valence-corrected chi connectivity index (χ0v) is 15.2. The number of hydrogen-bond acceptors (Lipinski definition) is 2. The van der Waals surface area contributed by atoms with Crippen LogP contribution in [0.4, 0.5) is 0 Å². The second-order valence-corrected chi connectivity index (χ2v) is 7.68. The number of carbonyl (C=O) groups is 1. The molecule has 3 nitrogen and oxygen atoms in total. The van der Waals surface area contributed by atoms with Gasteiger partial charge in [-0.3, -0.25) is 9.69 Å². The van der Waals surface area contributed by atoms with E-state index in [9.17, 15) is 4.79 Å². The summed E-state index contributed by atoms with van der Waals surface area (Å²) in [6, 6.07) is 15.0. The fourth-order valence-electron chi connectivity index (χ4n) is 4.68. The summed E-state index contributed by atoms with van der Waals surface area (Å²) in [5, 5.41) is 2.21. The monoisotopic (exact) mass is 336 g/mol. The molecule has 2 atom stereocenters. The Kier molecular flexibility index (Phi) is 4.76. The SMILES string of the molecule is C[C@H]1CCCC[C@H]1N1CCN(C(=O)c2cccc3ccccc23)CC1. The second-order valence-electron chi connectivity index (χ2n) is 7.68. The Morgan fingerprint density at radius 1 is 0.920 bits per heavy atom. The van der Waals surface area contributed by atoms with Crippen molar-refractivity contribution < 1.29 is 4.79 Å². The Balaban J connectivity index is 1.46. The topological polar surface area (TPSA) is 23.6 Å². The highest BCUT2D eigenvalue weighted by atomic mass is 16.2. The van der Waals surface area contributed by atoms with Crippen LogP contribution in [0.1, 0.15) is 43.0 Å². The summed E-state index contributed by atoms with van der Waals surface area (Å²) in [5.74, 6) is 0.988. The van der Waals surface area contributed by atoms with E-state index in [-0.39, 0.29) is 5.91 Å². The first-order valence-electron chi connectivity index (χ1n) is 9.75. The quantitative estimate of drug-likeness (QED) is 0.821. The molecule has 25 heavy (non-hydrogen) atoms. The molecule has 2 aromatic carbocycles. The number of hydrogen-bond donors (Lipinski definition) is 0. The van der Waals surface area contributed by atoms with Gasteiger partial charge in [-0.05, 0) is 35.6 Å². The summed E-state index contributed by atoms with van der Waals surface area (Å²) < 4.78 is 0. The number of amides is 1. The van der Waals surface area contributed by atoms with Gasteiger partial charge in [-0.2, -0.15) is 0 Å². The molecule has 0 unspecified atom stereocenters. The molecule has 4 rings (SSSR count). The van der Waals surface area contributed by atoms with Gasteiger partial charge in [0.25, 0.3) is 5.91 Å². The summed E-state index contributed by atoms with van der Waals surface area (Å²) in [5.41, 5.74) is 0.845. The number of benzene rings is 2. The van der Waals surface area contributed by atoms with Crippen molar-refractivity contribution in [1.29, 1.82) is 0 Å². The largest absolute Gasteiger partial charge is 0.336 e. The lowest BCUT2D eigenvalue weighted by Crippen LogP contribution is -2.54. The van der Waals surface area contributed by atoms with Crippen molar-refractivity contribution in [2.45, 2.75) is 38.6 Å². The minimum Gasteiger partial charge on any atom is -0.336 e. The summed E-state index contributed by atoms with van der Waals surface area (Å²) in [7, 11) is 0. The summed E-state index contributed by atoms with van der Waals surface area (Å²) in [6.45, 7) is 6.14. The number of rotatable bonds is 2. The third kappa shape index (κ3) is 3.30. The van der Waals surface area contributed by atoms with Crippen LogP contribution in [0.3, 0.4) is 0 Å². The maximum atomic E-state index is 13.1. The fraction of sp³-hybridized carbons (Fsp3) is 0.500. The van der Waals surface area contributed by atoms with Crippen molar-refractivity contribution >= 4 is 16.7 Å². The first kappa shape index (κ1) is 16.6. The van der Waals surface area contributed by atoms with Crippen LogP contribution >= 0.6 is 0 Å². The molecule has 1 heterocycles. The zero-order chi connectivity index (χ0) is 17.2. The maximum Gasteiger partial charge on any atom is 0.254 e. The lowest BCUT2D eigenvalue weighted by molar-refractivity contribution is 0.0424. The molecular formula is C22H28N2O. The van der Waals surface area contributed by atoms with Gasteiger partial charge >= 0.3 is 0 Å². The van der Waals surface area contributed by atoms with Crippen LogP contribution in [0.2, 0.25) is 0 Å². The summed E-state index contributed by atoms with van der Waals surface area (Å²) in [6.07, 6.45) is 5.44. The van der Waals surface area contributed by atoms with Crippen molar-refractivity contribution in [2.24, 2.45) is 5.92 Å². The van der Waals surface area contributed by atoms with Gasteiger partial charge in [0.05, 0.1) is 0 Å². The van der Waals surface area contributed by atoms with Crippen LogP contribution in [0.15, 0.2) is 42.5 Å². The predicted molar refractivity (Wildman–Crippen MR) is 103 cm³/mol. The molecule has 3 heteroatoms. The highest BCUT2D eigenvalue weighted by Gasteiger charge is 2.31. The molecule has 1 aliphatic carbocycles. The van der Waals surface area contributed by atoms with E-state index in [2.05, 4.69) is 30.0 Å².